The summed E-state index contributed by atoms with van der Waals surface area (Å²) in [5.41, 5.74) is 0.0790. The van der Waals surface area contributed by atoms with Gasteiger partial charge >= 0.3 is 0 Å². The van der Waals surface area contributed by atoms with E-state index in [1.165, 1.54) is 23.0 Å². The Kier molecular flexibility index (Phi) is 4.54. The zero-order valence-corrected chi connectivity index (χ0v) is 13.9. The average molecular weight is 344 g/mol. The average Bonchev–Trinajstić information content (AvgIpc) is 3.23. The van der Waals surface area contributed by atoms with E-state index >= 15 is 0 Å². The lowest BCUT2D eigenvalue weighted by Gasteiger charge is -2.29. The molecule has 25 heavy (non-hydrogen) atoms. The van der Waals surface area contributed by atoms with Crippen LogP contribution in [0.5, 0.6) is 0 Å². The minimum atomic E-state index is -0.484. The molecule has 1 saturated carbocycles. The summed E-state index contributed by atoms with van der Waals surface area (Å²) in [5, 5.41) is 27.8. The van der Waals surface area contributed by atoms with Crippen LogP contribution < -0.4 is 5.32 Å². The van der Waals surface area contributed by atoms with Crippen molar-refractivity contribution in [3.8, 4) is 5.69 Å². The Balaban J connectivity index is 1.80. The van der Waals surface area contributed by atoms with Gasteiger partial charge in [0.05, 0.1) is 11.5 Å². The molecular formula is C17H20N4O4. The van der Waals surface area contributed by atoms with Crippen LogP contribution >= 0.6 is 0 Å². The van der Waals surface area contributed by atoms with Crippen molar-refractivity contribution < 1.29 is 14.8 Å². The Hall–Kier alpha value is -2.74. The third-order valence-corrected chi connectivity index (χ3v) is 4.90. The highest BCUT2D eigenvalue weighted by molar-refractivity contribution is 5.92. The van der Waals surface area contributed by atoms with Crippen LogP contribution in [0.3, 0.4) is 0 Å². The zero-order chi connectivity index (χ0) is 18.0. The van der Waals surface area contributed by atoms with Gasteiger partial charge in [0.2, 0.25) is 0 Å². The van der Waals surface area contributed by atoms with Gasteiger partial charge in [-0.25, -0.2) is 4.68 Å². The number of rotatable bonds is 5. The fourth-order valence-electron chi connectivity index (χ4n) is 3.29. The second-order valence-corrected chi connectivity index (χ2v) is 6.62. The standard InChI is InChI=1S/C17H20N4O4/c1-17(11-22)9-4-7-15(17)18-16(23)12-8-10-20(19-12)13-5-2-3-6-14(13)21(24)25/h2-3,5-6,8,10,15,22H,4,7,9,11H2,1H3,(H,18,23)/t15-,17-/m0/s1. The van der Waals surface area contributed by atoms with E-state index in [4.69, 9.17) is 0 Å². The molecule has 1 amide bonds. The van der Waals surface area contributed by atoms with Gasteiger partial charge in [0, 0.05) is 23.7 Å². The molecule has 1 fully saturated rings. The van der Waals surface area contributed by atoms with Crippen molar-refractivity contribution in [2.24, 2.45) is 5.41 Å². The number of aliphatic hydroxyl groups is 1. The number of aliphatic hydroxyl groups excluding tert-OH is 1. The fraction of sp³-hybridized carbons (Fsp3) is 0.412. The summed E-state index contributed by atoms with van der Waals surface area (Å²) in [4.78, 5) is 23.1. The number of para-hydroxylation sites is 2. The maximum absolute atomic E-state index is 12.5. The molecular weight excluding hydrogens is 324 g/mol. The van der Waals surface area contributed by atoms with Crippen molar-refractivity contribution in [2.45, 2.75) is 32.2 Å². The first-order valence-corrected chi connectivity index (χ1v) is 8.16. The Morgan fingerprint density at radius 1 is 1.48 bits per heavy atom. The van der Waals surface area contributed by atoms with E-state index in [1.54, 1.807) is 18.2 Å². The maximum Gasteiger partial charge on any atom is 0.294 e. The molecule has 8 heteroatoms. The number of amides is 1. The van der Waals surface area contributed by atoms with E-state index in [9.17, 15) is 20.0 Å². The van der Waals surface area contributed by atoms with Crippen LogP contribution in [-0.4, -0.2) is 38.4 Å². The smallest absolute Gasteiger partial charge is 0.294 e. The van der Waals surface area contributed by atoms with Gasteiger partial charge in [-0.2, -0.15) is 5.10 Å². The number of benzene rings is 1. The Bertz CT molecular complexity index is 803. The van der Waals surface area contributed by atoms with Crippen molar-refractivity contribution >= 4 is 11.6 Å². The summed E-state index contributed by atoms with van der Waals surface area (Å²) in [5.74, 6) is -0.344. The van der Waals surface area contributed by atoms with Crippen molar-refractivity contribution in [1.82, 2.24) is 15.1 Å². The molecule has 132 valence electrons. The van der Waals surface area contributed by atoms with Crippen LogP contribution in [0.4, 0.5) is 5.69 Å². The number of hydrogen-bond acceptors (Lipinski definition) is 5. The number of nitrogens with one attached hydrogen (secondary N) is 1. The summed E-state index contributed by atoms with van der Waals surface area (Å²) in [6.45, 7) is 1.97. The molecule has 0 unspecified atom stereocenters. The lowest BCUT2D eigenvalue weighted by Crippen LogP contribution is -2.44. The van der Waals surface area contributed by atoms with E-state index < -0.39 is 4.92 Å². The van der Waals surface area contributed by atoms with Crippen LogP contribution in [-0.2, 0) is 0 Å². The monoisotopic (exact) mass is 344 g/mol. The Labute approximate surface area is 144 Å². The number of hydrogen-bond donors (Lipinski definition) is 2. The van der Waals surface area contributed by atoms with Gasteiger partial charge in [-0.3, -0.25) is 14.9 Å². The summed E-state index contributed by atoms with van der Waals surface area (Å²) >= 11 is 0. The maximum atomic E-state index is 12.5. The minimum absolute atomic E-state index is 0.0165. The van der Waals surface area contributed by atoms with Crippen molar-refractivity contribution in [3.63, 3.8) is 0 Å². The SMILES string of the molecule is C[C@@]1(CO)CCC[C@@H]1NC(=O)c1ccn(-c2ccccc2[N+](=O)[O-])n1. The van der Waals surface area contributed by atoms with Gasteiger partial charge in [-0.15, -0.1) is 0 Å². The summed E-state index contributed by atoms with van der Waals surface area (Å²) in [6, 6.07) is 7.64. The number of nitro benzene ring substituents is 1. The largest absolute Gasteiger partial charge is 0.396 e. The molecule has 1 aliphatic rings. The van der Waals surface area contributed by atoms with Crippen molar-refractivity contribution in [3.05, 3.63) is 52.3 Å². The molecule has 0 bridgehead atoms. The molecule has 3 rings (SSSR count). The van der Waals surface area contributed by atoms with E-state index in [-0.39, 0.29) is 35.4 Å². The number of nitro groups is 1. The van der Waals surface area contributed by atoms with E-state index in [1.807, 2.05) is 6.92 Å². The predicted octanol–water partition coefficient (Wildman–Crippen LogP) is 2.06. The van der Waals surface area contributed by atoms with Gasteiger partial charge in [0.15, 0.2) is 5.69 Å². The topological polar surface area (TPSA) is 110 Å². The molecule has 0 aliphatic heterocycles. The quantitative estimate of drug-likeness (QED) is 0.637. The first-order valence-electron chi connectivity index (χ1n) is 8.16. The second kappa shape index (κ2) is 6.64. The van der Waals surface area contributed by atoms with E-state index in [0.29, 0.717) is 5.69 Å². The molecule has 0 radical (unpaired) electrons. The number of carbonyl (C=O) groups is 1. The van der Waals surface area contributed by atoms with Gasteiger partial charge in [-0.05, 0) is 25.0 Å². The van der Waals surface area contributed by atoms with Gasteiger partial charge in [0.1, 0.15) is 5.69 Å². The molecule has 1 heterocycles. The zero-order valence-electron chi connectivity index (χ0n) is 13.9. The Morgan fingerprint density at radius 3 is 2.96 bits per heavy atom. The summed E-state index contributed by atoms with van der Waals surface area (Å²) in [7, 11) is 0. The van der Waals surface area contributed by atoms with Crippen LogP contribution in [0, 0.1) is 15.5 Å². The van der Waals surface area contributed by atoms with Crippen LogP contribution in [0.1, 0.15) is 36.7 Å². The van der Waals surface area contributed by atoms with E-state index in [0.717, 1.165) is 19.3 Å². The van der Waals surface area contributed by atoms with E-state index in [2.05, 4.69) is 10.4 Å². The molecule has 2 aromatic rings. The number of carbonyl (C=O) groups excluding carboxylic acids is 1. The van der Waals surface area contributed by atoms with Crippen LogP contribution in [0.2, 0.25) is 0 Å². The number of nitrogens with zero attached hydrogens (tertiary/aromatic N) is 3. The molecule has 0 saturated heterocycles. The normalized spacial score (nSPS) is 22.7. The highest BCUT2D eigenvalue weighted by Crippen LogP contribution is 2.37. The fourth-order valence-corrected chi connectivity index (χ4v) is 3.29. The third kappa shape index (κ3) is 3.25. The molecule has 1 aromatic carbocycles. The third-order valence-electron chi connectivity index (χ3n) is 4.90. The van der Waals surface area contributed by atoms with Crippen molar-refractivity contribution in [1.29, 1.82) is 0 Å². The van der Waals surface area contributed by atoms with Gasteiger partial charge in [-0.1, -0.05) is 25.5 Å². The van der Waals surface area contributed by atoms with Gasteiger partial charge < -0.3 is 10.4 Å². The van der Waals surface area contributed by atoms with Crippen molar-refractivity contribution in [2.75, 3.05) is 6.61 Å². The molecule has 0 spiro atoms. The number of aromatic nitrogens is 2. The minimum Gasteiger partial charge on any atom is -0.396 e. The lowest BCUT2D eigenvalue weighted by atomic mass is 9.86. The molecule has 8 nitrogen and oxygen atoms in total. The van der Waals surface area contributed by atoms with Gasteiger partial charge in [0.25, 0.3) is 11.6 Å². The Morgan fingerprint density at radius 2 is 2.24 bits per heavy atom. The molecule has 2 N–H and O–H groups in total. The lowest BCUT2D eigenvalue weighted by molar-refractivity contribution is -0.384. The molecule has 1 aliphatic carbocycles. The molecule has 1 aromatic heterocycles. The highest BCUT2D eigenvalue weighted by atomic mass is 16.6. The van der Waals surface area contributed by atoms with Crippen LogP contribution in [0.25, 0.3) is 5.69 Å². The summed E-state index contributed by atoms with van der Waals surface area (Å²) < 4.78 is 1.33. The predicted molar refractivity (Wildman–Crippen MR) is 90.5 cm³/mol. The highest BCUT2D eigenvalue weighted by Gasteiger charge is 2.39. The first-order chi connectivity index (χ1) is 11.9. The second-order valence-electron chi connectivity index (χ2n) is 6.62. The molecule has 2 atom stereocenters. The summed E-state index contributed by atoms with van der Waals surface area (Å²) in [6.07, 6.45) is 4.15. The van der Waals surface area contributed by atoms with Crippen LogP contribution in [0.15, 0.2) is 36.5 Å². The first kappa shape index (κ1) is 17.1.